The second-order valence-corrected chi connectivity index (χ2v) is 5.05. The highest BCUT2D eigenvalue weighted by Gasteiger charge is 2.34. The third-order valence-electron chi connectivity index (χ3n) is 2.71. The first-order valence-electron chi connectivity index (χ1n) is 5.30. The molecule has 0 amide bonds. The summed E-state index contributed by atoms with van der Waals surface area (Å²) in [4.78, 5) is 2.41. The molecule has 0 heterocycles. The standard InChI is InChI=1S/C11H23NO/c1-6-12(5)9-7-10(8-9)13-11(2,3)4/h9-10H,6-8H2,1-5H3. The Balaban J connectivity index is 2.19. The lowest BCUT2D eigenvalue weighted by Crippen LogP contribution is -2.48. The molecule has 2 nitrogen and oxygen atoms in total. The molecule has 0 aromatic carbocycles. The van der Waals surface area contributed by atoms with Gasteiger partial charge in [0, 0.05) is 6.04 Å². The Kier molecular flexibility index (Phi) is 3.36. The first-order valence-corrected chi connectivity index (χ1v) is 5.30. The monoisotopic (exact) mass is 185 g/mol. The van der Waals surface area contributed by atoms with Crippen molar-refractivity contribution < 1.29 is 4.74 Å². The van der Waals surface area contributed by atoms with Gasteiger partial charge in [-0.15, -0.1) is 0 Å². The number of rotatable bonds is 3. The summed E-state index contributed by atoms with van der Waals surface area (Å²) >= 11 is 0. The number of ether oxygens (including phenoxy) is 1. The maximum Gasteiger partial charge on any atom is 0.0612 e. The fraction of sp³-hybridized carbons (Fsp3) is 1.00. The summed E-state index contributed by atoms with van der Waals surface area (Å²) in [7, 11) is 2.19. The highest BCUT2D eigenvalue weighted by molar-refractivity contribution is 4.87. The third-order valence-corrected chi connectivity index (χ3v) is 2.71. The van der Waals surface area contributed by atoms with Gasteiger partial charge >= 0.3 is 0 Å². The molecule has 1 saturated carbocycles. The van der Waals surface area contributed by atoms with Crippen LogP contribution in [0.1, 0.15) is 40.5 Å². The lowest BCUT2D eigenvalue weighted by Gasteiger charge is -2.43. The summed E-state index contributed by atoms with van der Waals surface area (Å²) in [5, 5.41) is 0. The van der Waals surface area contributed by atoms with E-state index < -0.39 is 0 Å². The van der Waals surface area contributed by atoms with E-state index >= 15 is 0 Å². The van der Waals surface area contributed by atoms with Crippen LogP contribution < -0.4 is 0 Å². The molecular formula is C11H23NO. The van der Waals surface area contributed by atoms with E-state index in [9.17, 15) is 0 Å². The highest BCUT2D eigenvalue weighted by Crippen LogP contribution is 2.30. The first kappa shape index (κ1) is 11.0. The zero-order valence-electron chi connectivity index (χ0n) is 9.63. The van der Waals surface area contributed by atoms with Crippen molar-refractivity contribution in [2.24, 2.45) is 0 Å². The zero-order valence-corrected chi connectivity index (χ0v) is 9.63. The first-order chi connectivity index (χ1) is 5.92. The minimum Gasteiger partial charge on any atom is -0.373 e. The molecule has 0 N–H and O–H groups in total. The lowest BCUT2D eigenvalue weighted by molar-refractivity contribution is -0.116. The van der Waals surface area contributed by atoms with Crippen molar-refractivity contribution in [1.82, 2.24) is 4.90 Å². The molecular weight excluding hydrogens is 162 g/mol. The average molecular weight is 185 g/mol. The topological polar surface area (TPSA) is 12.5 Å². The van der Waals surface area contributed by atoms with Crippen molar-refractivity contribution in [3.63, 3.8) is 0 Å². The Morgan fingerprint density at radius 2 is 1.85 bits per heavy atom. The Hall–Kier alpha value is -0.0800. The molecule has 0 spiro atoms. The molecule has 0 aromatic heterocycles. The van der Waals surface area contributed by atoms with Gasteiger partial charge in [0.05, 0.1) is 11.7 Å². The van der Waals surface area contributed by atoms with Crippen molar-refractivity contribution in [1.29, 1.82) is 0 Å². The second kappa shape index (κ2) is 3.97. The summed E-state index contributed by atoms with van der Waals surface area (Å²) < 4.78 is 5.87. The van der Waals surface area contributed by atoms with Crippen molar-refractivity contribution in [2.75, 3.05) is 13.6 Å². The summed E-state index contributed by atoms with van der Waals surface area (Å²) in [6.07, 6.45) is 2.92. The summed E-state index contributed by atoms with van der Waals surface area (Å²) in [5.74, 6) is 0. The normalized spacial score (nSPS) is 29.1. The Bertz CT molecular complexity index is 156. The molecule has 78 valence electrons. The fourth-order valence-electron chi connectivity index (χ4n) is 1.75. The van der Waals surface area contributed by atoms with Gasteiger partial charge in [-0.25, -0.2) is 0 Å². The molecule has 0 aliphatic heterocycles. The van der Waals surface area contributed by atoms with E-state index in [1.54, 1.807) is 0 Å². The molecule has 1 fully saturated rings. The van der Waals surface area contributed by atoms with Gasteiger partial charge in [0.2, 0.25) is 0 Å². The van der Waals surface area contributed by atoms with Gasteiger partial charge in [0.1, 0.15) is 0 Å². The van der Waals surface area contributed by atoms with Crippen LogP contribution in [-0.2, 0) is 4.74 Å². The van der Waals surface area contributed by atoms with E-state index in [1.165, 1.54) is 12.8 Å². The van der Waals surface area contributed by atoms with Crippen LogP contribution in [0, 0.1) is 0 Å². The maximum absolute atomic E-state index is 5.87. The molecule has 2 heteroatoms. The average Bonchev–Trinajstić information content (AvgIpc) is 1.92. The quantitative estimate of drug-likeness (QED) is 0.669. The Morgan fingerprint density at radius 1 is 1.31 bits per heavy atom. The number of hydrogen-bond acceptors (Lipinski definition) is 2. The Labute approximate surface area is 82.3 Å². The highest BCUT2D eigenvalue weighted by atomic mass is 16.5. The summed E-state index contributed by atoms with van der Waals surface area (Å²) in [5.41, 5.74) is 0.0282. The number of hydrogen-bond donors (Lipinski definition) is 0. The van der Waals surface area contributed by atoms with Crippen molar-refractivity contribution >= 4 is 0 Å². The van der Waals surface area contributed by atoms with Gasteiger partial charge in [-0.05, 0) is 47.2 Å². The molecule has 0 aromatic rings. The van der Waals surface area contributed by atoms with Gasteiger partial charge in [-0.3, -0.25) is 0 Å². The van der Waals surface area contributed by atoms with Gasteiger partial charge in [-0.1, -0.05) is 6.92 Å². The number of nitrogens with zero attached hydrogens (tertiary/aromatic N) is 1. The van der Waals surface area contributed by atoms with Crippen LogP contribution in [0.4, 0.5) is 0 Å². The van der Waals surface area contributed by atoms with E-state index in [2.05, 4.69) is 39.6 Å². The lowest BCUT2D eigenvalue weighted by atomic mass is 9.87. The largest absolute Gasteiger partial charge is 0.373 e. The van der Waals surface area contributed by atoms with Crippen LogP contribution in [0.15, 0.2) is 0 Å². The van der Waals surface area contributed by atoms with Crippen molar-refractivity contribution in [3.8, 4) is 0 Å². The zero-order chi connectivity index (χ0) is 10.1. The van der Waals surface area contributed by atoms with Gasteiger partial charge in [-0.2, -0.15) is 0 Å². The minimum absolute atomic E-state index is 0.0282. The predicted octanol–water partition coefficient (Wildman–Crippen LogP) is 2.28. The van der Waals surface area contributed by atoms with Crippen LogP contribution in [0.5, 0.6) is 0 Å². The molecule has 0 unspecified atom stereocenters. The van der Waals surface area contributed by atoms with Crippen LogP contribution in [0.2, 0.25) is 0 Å². The van der Waals surface area contributed by atoms with Crippen LogP contribution in [0.3, 0.4) is 0 Å². The predicted molar refractivity (Wildman–Crippen MR) is 56.0 cm³/mol. The molecule has 0 atom stereocenters. The molecule has 0 radical (unpaired) electrons. The van der Waals surface area contributed by atoms with E-state index in [0.29, 0.717) is 6.10 Å². The van der Waals surface area contributed by atoms with Crippen LogP contribution >= 0.6 is 0 Å². The SMILES string of the molecule is CCN(C)C1CC(OC(C)(C)C)C1. The fourth-order valence-corrected chi connectivity index (χ4v) is 1.75. The van der Waals surface area contributed by atoms with Crippen LogP contribution in [-0.4, -0.2) is 36.2 Å². The maximum atomic E-state index is 5.87. The van der Waals surface area contributed by atoms with E-state index in [1.807, 2.05) is 0 Å². The van der Waals surface area contributed by atoms with E-state index in [4.69, 9.17) is 4.74 Å². The molecule has 1 aliphatic carbocycles. The summed E-state index contributed by atoms with van der Waals surface area (Å²) in [6, 6.07) is 0.761. The smallest absolute Gasteiger partial charge is 0.0612 e. The van der Waals surface area contributed by atoms with Gasteiger partial charge < -0.3 is 9.64 Å². The van der Waals surface area contributed by atoms with Crippen molar-refractivity contribution in [2.45, 2.75) is 58.3 Å². The van der Waals surface area contributed by atoms with Gasteiger partial charge in [0.25, 0.3) is 0 Å². The molecule has 0 bridgehead atoms. The van der Waals surface area contributed by atoms with E-state index in [0.717, 1.165) is 12.6 Å². The van der Waals surface area contributed by atoms with Crippen LogP contribution in [0.25, 0.3) is 0 Å². The molecule has 1 aliphatic rings. The summed E-state index contributed by atoms with van der Waals surface area (Å²) in [6.45, 7) is 9.74. The molecule has 0 saturated heterocycles. The van der Waals surface area contributed by atoms with Gasteiger partial charge in [0.15, 0.2) is 0 Å². The third kappa shape index (κ3) is 3.28. The molecule has 13 heavy (non-hydrogen) atoms. The second-order valence-electron chi connectivity index (χ2n) is 5.05. The Morgan fingerprint density at radius 3 is 2.23 bits per heavy atom. The minimum atomic E-state index is 0.0282. The van der Waals surface area contributed by atoms with Crippen molar-refractivity contribution in [3.05, 3.63) is 0 Å². The van der Waals surface area contributed by atoms with E-state index in [-0.39, 0.29) is 5.60 Å². The molecule has 1 rings (SSSR count).